The Morgan fingerprint density at radius 1 is 1.45 bits per heavy atom. The standard InChI is InChI=1S/C13H22N2O5/c1-3-20-13(18)8(2)6-10(11(14)16)15-12(17)9-4-5-19-7-9/h8-10H,3-7H2,1-2H3,(H2,14,16)(H,15,17)/t8-,9+,10+/m0/s1. The summed E-state index contributed by atoms with van der Waals surface area (Å²) >= 11 is 0. The predicted octanol–water partition coefficient (Wildman–Crippen LogP) is -0.418. The molecule has 0 unspecified atom stereocenters. The summed E-state index contributed by atoms with van der Waals surface area (Å²) in [4.78, 5) is 34.8. The van der Waals surface area contributed by atoms with Crippen molar-refractivity contribution in [3.63, 3.8) is 0 Å². The average Bonchev–Trinajstić information content (AvgIpc) is 2.91. The lowest BCUT2D eigenvalue weighted by Crippen LogP contribution is -2.48. The van der Waals surface area contributed by atoms with Crippen LogP contribution in [-0.4, -0.2) is 43.6 Å². The quantitative estimate of drug-likeness (QED) is 0.618. The zero-order valence-electron chi connectivity index (χ0n) is 11.9. The molecule has 7 heteroatoms. The van der Waals surface area contributed by atoms with E-state index in [1.165, 1.54) is 0 Å². The van der Waals surface area contributed by atoms with Gasteiger partial charge >= 0.3 is 5.97 Å². The van der Waals surface area contributed by atoms with Crippen LogP contribution in [0.4, 0.5) is 0 Å². The van der Waals surface area contributed by atoms with Gasteiger partial charge in [-0.25, -0.2) is 0 Å². The second-order valence-electron chi connectivity index (χ2n) is 4.91. The Hall–Kier alpha value is -1.63. The van der Waals surface area contributed by atoms with Gasteiger partial charge in [0.05, 0.1) is 25.0 Å². The summed E-state index contributed by atoms with van der Waals surface area (Å²) in [6, 6.07) is -0.873. The summed E-state index contributed by atoms with van der Waals surface area (Å²) in [6.45, 7) is 4.51. The van der Waals surface area contributed by atoms with Gasteiger partial charge < -0.3 is 20.5 Å². The van der Waals surface area contributed by atoms with Crippen molar-refractivity contribution >= 4 is 17.8 Å². The molecule has 0 aromatic heterocycles. The summed E-state index contributed by atoms with van der Waals surface area (Å²) < 4.78 is 9.99. The summed E-state index contributed by atoms with van der Waals surface area (Å²) in [5.74, 6) is -2.09. The van der Waals surface area contributed by atoms with E-state index in [4.69, 9.17) is 15.2 Å². The number of carbonyl (C=O) groups is 3. The number of hydrogen-bond acceptors (Lipinski definition) is 5. The Labute approximate surface area is 118 Å². The van der Waals surface area contributed by atoms with E-state index in [0.717, 1.165) is 0 Å². The molecule has 0 aromatic carbocycles. The van der Waals surface area contributed by atoms with Crippen molar-refractivity contribution in [1.82, 2.24) is 5.32 Å². The van der Waals surface area contributed by atoms with Crippen LogP contribution in [0.2, 0.25) is 0 Å². The molecule has 0 saturated carbocycles. The van der Waals surface area contributed by atoms with Crippen LogP contribution in [0.5, 0.6) is 0 Å². The van der Waals surface area contributed by atoms with Crippen molar-refractivity contribution in [3.05, 3.63) is 0 Å². The number of hydrogen-bond donors (Lipinski definition) is 2. The Morgan fingerprint density at radius 3 is 2.65 bits per heavy atom. The van der Waals surface area contributed by atoms with E-state index in [1.54, 1.807) is 13.8 Å². The molecule has 0 aromatic rings. The van der Waals surface area contributed by atoms with Crippen molar-refractivity contribution in [2.45, 2.75) is 32.7 Å². The van der Waals surface area contributed by atoms with E-state index >= 15 is 0 Å². The molecule has 1 rings (SSSR count). The highest BCUT2D eigenvalue weighted by atomic mass is 16.5. The van der Waals surface area contributed by atoms with E-state index in [1.807, 2.05) is 0 Å². The molecule has 0 radical (unpaired) electrons. The maximum Gasteiger partial charge on any atom is 0.308 e. The van der Waals surface area contributed by atoms with Crippen LogP contribution in [0, 0.1) is 11.8 Å². The summed E-state index contributed by atoms with van der Waals surface area (Å²) in [5.41, 5.74) is 5.27. The van der Waals surface area contributed by atoms with E-state index in [-0.39, 0.29) is 24.9 Å². The maximum absolute atomic E-state index is 11.9. The van der Waals surface area contributed by atoms with Crippen molar-refractivity contribution in [2.24, 2.45) is 17.6 Å². The van der Waals surface area contributed by atoms with Crippen LogP contribution in [0.25, 0.3) is 0 Å². The number of nitrogens with two attached hydrogens (primary N) is 1. The second kappa shape index (κ2) is 7.84. The monoisotopic (exact) mass is 286 g/mol. The molecule has 1 aliphatic heterocycles. The number of nitrogens with one attached hydrogen (secondary N) is 1. The van der Waals surface area contributed by atoms with E-state index in [2.05, 4.69) is 5.32 Å². The Kier molecular flexibility index (Phi) is 6.44. The molecule has 0 aliphatic carbocycles. The van der Waals surface area contributed by atoms with Gasteiger partial charge in [-0.1, -0.05) is 6.92 Å². The van der Waals surface area contributed by atoms with Crippen LogP contribution >= 0.6 is 0 Å². The molecule has 1 aliphatic rings. The van der Waals surface area contributed by atoms with Gasteiger partial charge in [0, 0.05) is 6.61 Å². The Balaban J connectivity index is 2.53. The minimum absolute atomic E-state index is 0.132. The molecule has 1 heterocycles. The highest BCUT2D eigenvalue weighted by molar-refractivity contribution is 5.88. The van der Waals surface area contributed by atoms with Crippen LogP contribution in [-0.2, 0) is 23.9 Å². The fourth-order valence-corrected chi connectivity index (χ4v) is 2.01. The largest absolute Gasteiger partial charge is 0.466 e. The highest BCUT2D eigenvalue weighted by Gasteiger charge is 2.29. The first-order valence-electron chi connectivity index (χ1n) is 6.79. The van der Waals surface area contributed by atoms with Gasteiger partial charge in [0.15, 0.2) is 0 Å². The molecular weight excluding hydrogens is 264 g/mol. The fourth-order valence-electron chi connectivity index (χ4n) is 2.01. The Morgan fingerprint density at radius 2 is 2.15 bits per heavy atom. The van der Waals surface area contributed by atoms with Crippen LogP contribution in [0.15, 0.2) is 0 Å². The van der Waals surface area contributed by atoms with E-state index in [9.17, 15) is 14.4 Å². The molecule has 0 bridgehead atoms. The van der Waals surface area contributed by atoms with Crippen LogP contribution in [0.3, 0.4) is 0 Å². The van der Waals surface area contributed by atoms with Gasteiger partial charge in [0.2, 0.25) is 11.8 Å². The molecule has 2 amide bonds. The minimum atomic E-state index is -0.873. The van der Waals surface area contributed by atoms with Gasteiger partial charge in [-0.05, 0) is 19.8 Å². The molecule has 20 heavy (non-hydrogen) atoms. The highest BCUT2D eigenvalue weighted by Crippen LogP contribution is 2.14. The minimum Gasteiger partial charge on any atom is -0.466 e. The first kappa shape index (κ1) is 16.4. The lowest BCUT2D eigenvalue weighted by atomic mass is 10.00. The SMILES string of the molecule is CCOC(=O)[C@@H](C)C[C@@H](NC(=O)[C@@H]1CCOC1)C(N)=O. The number of esters is 1. The molecule has 3 N–H and O–H groups in total. The average molecular weight is 286 g/mol. The van der Waals surface area contributed by atoms with Crippen molar-refractivity contribution < 1.29 is 23.9 Å². The number of primary amides is 1. The Bertz CT molecular complexity index is 366. The van der Waals surface area contributed by atoms with Crippen LogP contribution < -0.4 is 11.1 Å². The summed E-state index contributed by atoms with van der Waals surface area (Å²) in [5, 5.41) is 2.59. The van der Waals surface area contributed by atoms with Gasteiger partial charge in [0.1, 0.15) is 6.04 Å². The van der Waals surface area contributed by atoms with E-state index < -0.39 is 23.8 Å². The van der Waals surface area contributed by atoms with Gasteiger partial charge in [-0.3, -0.25) is 14.4 Å². The number of ether oxygens (including phenoxy) is 2. The third-order valence-corrected chi connectivity index (χ3v) is 3.24. The molecule has 3 atom stereocenters. The van der Waals surface area contributed by atoms with Gasteiger partial charge in [-0.2, -0.15) is 0 Å². The molecule has 7 nitrogen and oxygen atoms in total. The van der Waals surface area contributed by atoms with Gasteiger partial charge in [-0.15, -0.1) is 0 Å². The number of amides is 2. The third kappa shape index (κ3) is 4.80. The first-order valence-corrected chi connectivity index (χ1v) is 6.79. The molecule has 1 saturated heterocycles. The smallest absolute Gasteiger partial charge is 0.308 e. The third-order valence-electron chi connectivity index (χ3n) is 3.24. The lowest BCUT2D eigenvalue weighted by molar-refractivity contribution is -0.148. The van der Waals surface area contributed by atoms with Crippen molar-refractivity contribution in [2.75, 3.05) is 19.8 Å². The summed E-state index contributed by atoms with van der Waals surface area (Å²) in [6.07, 6.45) is 0.762. The maximum atomic E-state index is 11.9. The van der Waals surface area contributed by atoms with Gasteiger partial charge in [0.25, 0.3) is 0 Å². The first-order chi connectivity index (χ1) is 9.45. The molecule has 1 fully saturated rings. The normalized spacial score (nSPS) is 21.0. The zero-order valence-corrected chi connectivity index (χ0v) is 11.9. The van der Waals surface area contributed by atoms with Crippen molar-refractivity contribution in [3.8, 4) is 0 Å². The zero-order chi connectivity index (χ0) is 15.1. The summed E-state index contributed by atoms with van der Waals surface area (Å²) in [7, 11) is 0. The number of rotatable bonds is 7. The van der Waals surface area contributed by atoms with Crippen LogP contribution in [0.1, 0.15) is 26.7 Å². The molecule has 0 spiro atoms. The second-order valence-corrected chi connectivity index (χ2v) is 4.91. The fraction of sp³-hybridized carbons (Fsp3) is 0.769. The lowest BCUT2D eigenvalue weighted by Gasteiger charge is -2.20. The number of carbonyl (C=O) groups excluding carboxylic acids is 3. The topological polar surface area (TPSA) is 108 Å². The molecular formula is C13H22N2O5. The van der Waals surface area contributed by atoms with E-state index in [0.29, 0.717) is 19.6 Å². The molecule has 114 valence electrons. The van der Waals surface area contributed by atoms with Crippen molar-refractivity contribution in [1.29, 1.82) is 0 Å². The predicted molar refractivity (Wildman–Crippen MR) is 70.5 cm³/mol.